The largest absolute Gasteiger partial charge is 0.466 e. The van der Waals surface area contributed by atoms with E-state index >= 15 is 0 Å². The Bertz CT molecular complexity index is 303. The molecule has 2 rings (SSSR count). The molecule has 0 aromatic carbocycles. The second-order valence-corrected chi connectivity index (χ2v) is 3.25. The van der Waals surface area contributed by atoms with Crippen LogP contribution in [0.4, 0.5) is 0 Å². The lowest BCUT2D eigenvalue weighted by Gasteiger charge is -1.92. The average Bonchev–Trinajstić information content (AvgIpc) is 2.72. The summed E-state index contributed by atoms with van der Waals surface area (Å²) in [5.41, 5.74) is 1.02. The fraction of sp³-hybridized carbons (Fsp3) is 0.600. The first-order valence-electron chi connectivity index (χ1n) is 4.71. The number of hydrogen-bond donors (Lipinski definition) is 1. The van der Waals surface area contributed by atoms with Crippen LogP contribution in [0.15, 0.2) is 10.5 Å². The van der Waals surface area contributed by atoms with Crippen molar-refractivity contribution in [1.29, 1.82) is 0 Å². The Labute approximate surface area is 77.3 Å². The highest BCUT2D eigenvalue weighted by atomic mass is 16.7. The van der Waals surface area contributed by atoms with Crippen LogP contribution in [0.2, 0.25) is 0 Å². The zero-order valence-corrected chi connectivity index (χ0v) is 7.91. The third-order valence-corrected chi connectivity index (χ3v) is 2.34. The maximum absolute atomic E-state index is 9.12. The standard InChI is InChI=1S/C10H14O3/c1-3-6-5-7(8(4-2)12-6)9-10(11)13-9/h5,9-11H,3-4H2,1-2H3. The van der Waals surface area contributed by atoms with Crippen LogP contribution in [0.1, 0.15) is 37.0 Å². The predicted molar refractivity (Wildman–Crippen MR) is 47.3 cm³/mol. The van der Waals surface area contributed by atoms with Crippen molar-refractivity contribution in [3.05, 3.63) is 23.2 Å². The normalized spacial score (nSPS) is 26.4. The maximum Gasteiger partial charge on any atom is 0.186 e. The molecule has 1 fully saturated rings. The SMILES string of the molecule is CCc1cc(C2OC2O)c(CC)o1. The van der Waals surface area contributed by atoms with Crippen molar-refractivity contribution >= 4 is 0 Å². The van der Waals surface area contributed by atoms with Gasteiger partial charge >= 0.3 is 0 Å². The van der Waals surface area contributed by atoms with Gasteiger partial charge in [-0.3, -0.25) is 0 Å². The van der Waals surface area contributed by atoms with Crippen LogP contribution < -0.4 is 0 Å². The molecule has 2 atom stereocenters. The molecular formula is C10H14O3. The van der Waals surface area contributed by atoms with Crippen molar-refractivity contribution in [1.82, 2.24) is 0 Å². The summed E-state index contributed by atoms with van der Waals surface area (Å²) in [4.78, 5) is 0. The summed E-state index contributed by atoms with van der Waals surface area (Å²) in [7, 11) is 0. The molecule has 0 bridgehead atoms. The summed E-state index contributed by atoms with van der Waals surface area (Å²) < 4.78 is 10.6. The van der Waals surface area contributed by atoms with Gasteiger partial charge in [0.15, 0.2) is 6.29 Å². The molecule has 1 saturated heterocycles. The topological polar surface area (TPSA) is 45.9 Å². The van der Waals surface area contributed by atoms with Crippen LogP contribution in [0.3, 0.4) is 0 Å². The molecule has 2 heterocycles. The smallest absolute Gasteiger partial charge is 0.186 e. The zero-order chi connectivity index (χ0) is 9.42. The Morgan fingerprint density at radius 1 is 1.38 bits per heavy atom. The molecule has 3 nitrogen and oxygen atoms in total. The molecule has 0 radical (unpaired) electrons. The summed E-state index contributed by atoms with van der Waals surface area (Å²) in [6.07, 6.45) is 0.976. The van der Waals surface area contributed by atoms with Crippen LogP contribution in [-0.2, 0) is 17.6 Å². The van der Waals surface area contributed by atoms with Gasteiger partial charge in [0, 0.05) is 18.4 Å². The van der Waals surface area contributed by atoms with Crippen LogP contribution in [0.5, 0.6) is 0 Å². The fourth-order valence-electron chi connectivity index (χ4n) is 1.52. The molecule has 1 N–H and O–H groups in total. The fourth-order valence-corrected chi connectivity index (χ4v) is 1.52. The van der Waals surface area contributed by atoms with Gasteiger partial charge in [-0.1, -0.05) is 13.8 Å². The maximum atomic E-state index is 9.12. The summed E-state index contributed by atoms with van der Waals surface area (Å²) in [6, 6.07) is 1.99. The first kappa shape index (κ1) is 8.78. The summed E-state index contributed by atoms with van der Waals surface area (Å²) in [5, 5.41) is 9.12. The van der Waals surface area contributed by atoms with E-state index in [9.17, 15) is 0 Å². The first-order valence-corrected chi connectivity index (χ1v) is 4.71. The molecule has 1 aliphatic rings. The van der Waals surface area contributed by atoms with E-state index in [1.165, 1.54) is 0 Å². The van der Waals surface area contributed by atoms with E-state index in [4.69, 9.17) is 14.3 Å². The van der Waals surface area contributed by atoms with Crippen LogP contribution in [-0.4, -0.2) is 11.4 Å². The van der Waals surface area contributed by atoms with Crippen LogP contribution in [0, 0.1) is 0 Å². The molecule has 0 amide bonds. The number of epoxide rings is 1. The zero-order valence-electron chi connectivity index (χ0n) is 7.91. The van der Waals surface area contributed by atoms with Gasteiger partial charge in [-0.05, 0) is 6.07 Å². The van der Waals surface area contributed by atoms with Crippen molar-refractivity contribution < 1.29 is 14.3 Å². The van der Waals surface area contributed by atoms with E-state index < -0.39 is 6.29 Å². The highest BCUT2D eigenvalue weighted by Gasteiger charge is 2.41. The Morgan fingerprint density at radius 3 is 2.54 bits per heavy atom. The number of furan rings is 1. The van der Waals surface area contributed by atoms with E-state index in [0.717, 1.165) is 29.9 Å². The van der Waals surface area contributed by atoms with E-state index in [1.54, 1.807) is 0 Å². The number of hydrogen-bond acceptors (Lipinski definition) is 3. The van der Waals surface area contributed by atoms with E-state index in [1.807, 2.05) is 19.9 Å². The summed E-state index contributed by atoms with van der Waals surface area (Å²) >= 11 is 0. The highest BCUT2D eigenvalue weighted by Crippen LogP contribution is 2.39. The Hall–Kier alpha value is -0.800. The Kier molecular flexibility index (Phi) is 2.14. The van der Waals surface area contributed by atoms with Gasteiger partial charge in [0.2, 0.25) is 0 Å². The van der Waals surface area contributed by atoms with Crippen molar-refractivity contribution in [3.8, 4) is 0 Å². The molecule has 2 unspecified atom stereocenters. The minimum atomic E-state index is -0.618. The van der Waals surface area contributed by atoms with E-state index in [-0.39, 0.29) is 6.10 Å². The molecule has 0 spiro atoms. The molecule has 1 aliphatic heterocycles. The molecule has 72 valence electrons. The van der Waals surface area contributed by atoms with Crippen LogP contribution in [0.25, 0.3) is 0 Å². The van der Waals surface area contributed by atoms with Gasteiger partial charge in [-0.25, -0.2) is 0 Å². The minimum absolute atomic E-state index is 0.140. The second kappa shape index (κ2) is 3.16. The lowest BCUT2D eigenvalue weighted by molar-refractivity contribution is 0.156. The first-order chi connectivity index (χ1) is 6.26. The highest BCUT2D eigenvalue weighted by molar-refractivity contribution is 5.27. The van der Waals surface area contributed by atoms with Gasteiger partial charge in [0.05, 0.1) is 0 Å². The molecule has 1 aromatic rings. The van der Waals surface area contributed by atoms with Gasteiger partial charge in [0.25, 0.3) is 0 Å². The second-order valence-electron chi connectivity index (χ2n) is 3.25. The van der Waals surface area contributed by atoms with Crippen molar-refractivity contribution in [3.63, 3.8) is 0 Å². The molecule has 0 aliphatic carbocycles. The molecular weight excluding hydrogens is 168 g/mol. The molecule has 13 heavy (non-hydrogen) atoms. The van der Waals surface area contributed by atoms with E-state index in [2.05, 4.69) is 0 Å². The van der Waals surface area contributed by atoms with Crippen molar-refractivity contribution in [2.24, 2.45) is 0 Å². The van der Waals surface area contributed by atoms with Crippen molar-refractivity contribution in [2.75, 3.05) is 0 Å². The molecule has 0 saturated carbocycles. The lowest BCUT2D eigenvalue weighted by Crippen LogP contribution is -1.88. The third kappa shape index (κ3) is 1.49. The molecule has 3 heteroatoms. The average molecular weight is 182 g/mol. The van der Waals surface area contributed by atoms with Gasteiger partial charge in [0.1, 0.15) is 17.6 Å². The molecule has 1 aromatic heterocycles. The number of aryl methyl sites for hydroxylation is 2. The third-order valence-electron chi connectivity index (χ3n) is 2.34. The number of ether oxygens (including phenoxy) is 1. The number of aliphatic hydroxyl groups is 1. The van der Waals surface area contributed by atoms with Crippen LogP contribution >= 0.6 is 0 Å². The Morgan fingerprint density at radius 2 is 2.08 bits per heavy atom. The quantitative estimate of drug-likeness (QED) is 0.725. The van der Waals surface area contributed by atoms with Gasteiger partial charge in [-0.2, -0.15) is 0 Å². The van der Waals surface area contributed by atoms with E-state index in [0.29, 0.717) is 0 Å². The summed E-state index contributed by atoms with van der Waals surface area (Å²) in [5.74, 6) is 1.91. The van der Waals surface area contributed by atoms with Crippen molar-refractivity contribution in [2.45, 2.75) is 39.1 Å². The predicted octanol–water partition coefficient (Wildman–Crippen LogP) is 1.79. The lowest BCUT2D eigenvalue weighted by atomic mass is 10.1. The summed E-state index contributed by atoms with van der Waals surface area (Å²) in [6.45, 7) is 4.09. The van der Waals surface area contributed by atoms with Gasteiger partial charge < -0.3 is 14.3 Å². The van der Waals surface area contributed by atoms with Gasteiger partial charge in [-0.15, -0.1) is 0 Å². The number of aliphatic hydroxyl groups excluding tert-OH is 1. The minimum Gasteiger partial charge on any atom is -0.466 e. The number of rotatable bonds is 3. The monoisotopic (exact) mass is 182 g/mol. The Balaban J connectivity index is 2.27.